The number of H-pyrrole nitrogens is 1. The zero-order valence-corrected chi connectivity index (χ0v) is 11.9. The Morgan fingerprint density at radius 1 is 1.36 bits per heavy atom. The molecule has 8 heteroatoms. The Balaban J connectivity index is 2.01. The minimum absolute atomic E-state index is 0.211. The van der Waals surface area contributed by atoms with E-state index in [9.17, 15) is 4.79 Å². The molecule has 2 amide bonds. The maximum Gasteiger partial charge on any atom is 0.352 e. The van der Waals surface area contributed by atoms with Gasteiger partial charge >= 0.3 is 6.03 Å². The van der Waals surface area contributed by atoms with Crippen LogP contribution < -0.4 is 10.4 Å². The van der Waals surface area contributed by atoms with Crippen molar-refractivity contribution in [2.24, 2.45) is 0 Å². The van der Waals surface area contributed by atoms with Crippen LogP contribution in [0.15, 0.2) is 42.7 Å². The van der Waals surface area contributed by atoms with Crippen LogP contribution in [0.1, 0.15) is 6.92 Å². The number of anilines is 2. The molecule has 22 heavy (non-hydrogen) atoms. The summed E-state index contributed by atoms with van der Waals surface area (Å²) >= 11 is 0. The van der Waals surface area contributed by atoms with E-state index >= 15 is 0 Å². The number of aromatic amines is 1. The molecule has 3 rings (SSSR count). The fraction of sp³-hybridized carbons (Fsp3) is 0.143. The molecule has 0 unspecified atom stereocenters. The molecule has 0 bridgehead atoms. The number of urea groups is 1. The Labute approximate surface area is 126 Å². The average molecular weight is 298 g/mol. The van der Waals surface area contributed by atoms with Gasteiger partial charge in [-0.3, -0.25) is 9.94 Å². The third-order valence-corrected chi connectivity index (χ3v) is 2.90. The Bertz CT molecular complexity index is 773. The van der Waals surface area contributed by atoms with Crippen molar-refractivity contribution in [3.8, 4) is 0 Å². The molecule has 0 aliphatic rings. The second kappa shape index (κ2) is 6.19. The minimum Gasteiger partial charge on any atom is -0.283 e. The molecule has 0 saturated heterocycles. The highest BCUT2D eigenvalue weighted by Gasteiger charge is 2.21. The van der Waals surface area contributed by atoms with Crippen LogP contribution in [-0.2, 0) is 4.84 Å². The van der Waals surface area contributed by atoms with Crippen LogP contribution in [0, 0.1) is 0 Å². The van der Waals surface area contributed by atoms with Gasteiger partial charge in [0.25, 0.3) is 0 Å². The Morgan fingerprint density at radius 3 is 2.95 bits per heavy atom. The van der Waals surface area contributed by atoms with Crippen LogP contribution in [0.5, 0.6) is 0 Å². The number of hydroxylamine groups is 1. The third kappa shape index (κ3) is 2.72. The highest BCUT2D eigenvalue weighted by Crippen LogP contribution is 2.22. The van der Waals surface area contributed by atoms with Gasteiger partial charge in [0.2, 0.25) is 5.95 Å². The van der Waals surface area contributed by atoms with Crippen molar-refractivity contribution in [3.63, 3.8) is 0 Å². The molecule has 0 fully saturated rings. The first-order valence-electron chi connectivity index (χ1n) is 6.73. The molecule has 1 aromatic carbocycles. The SMILES string of the molecule is CCONC(=O)N(c1ccccc1)c1ncc2c[nH]nc2n1. The monoisotopic (exact) mass is 298 g/mol. The number of carbonyl (C=O) groups is 1. The molecule has 2 N–H and O–H groups in total. The molecule has 0 radical (unpaired) electrons. The van der Waals surface area contributed by atoms with E-state index in [1.54, 1.807) is 31.5 Å². The standard InChI is InChI=1S/C14H14N6O2/c1-2-22-19-14(21)20(11-6-4-3-5-7-11)13-15-8-10-9-16-18-12(10)17-13/h3-9H,2H2,1H3,(H,19,21)(H,15,16,17,18). The molecular weight excluding hydrogens is 284 g/mol. The number of amides is 2. The fourth-order valence-corrected chi connectivity index (χ4v) is 1.92. The van der Waals surface area contributed by atoms with Gasteiger partial charge in [0, 0.05) is 12.4 Å². The summed E-state index contributed by atoms with van der Waals surface area (Å²) in [5.41, 5.74) is 3.45. The van der Waals surface area contributed by atoms with Crippen LogP contribution in [0.25, 0.3) is 11.0 Å². The van der Waals surface area contributed by atoms with E-state index in [0.29, 0.717) is 17.9 Å². The zero-order chi connectivity index (χ0) is 15.4. The molecule has 112 valence electrons. The second-order valence-electron chi connectivity index (χ2n) is 4.35. The van der Waals surface area contributed by atoms with Gasteiger partial charge < -0.3 is 0 Å². The summed E-state index contributed by atoms with van der Waals surface area (Å²) in [6.07, 6.45) is 3.29. The zero-order valence-electron chi connectivity index (χ0n) is 11.9. The summed E-state index contributed by atoms with van der Waals surface area (Å²) in [6, 6.07) is 8.59. The van der Waals surface area contributed by atoms with E-state index in [-0.39, 0.29) is 5.95 Å². The quantitative estimate of drug-likeness (QED) is 0.719. The van der Waals surface area contributed by atoms with Crippen LogP contribution in [-0.4, -0.2) is 32.8 Å². The van der Waals surface area contributed by atoms with Gasteiger partial charge in [-0.25, -0.2) is 20.2 Å². The van der Waals surface area contributed by atoms with Crippen LogP contribution in [0.3, 0.4) is 0 Å². The summed E-state index contributed by atoms with van der Waals surface area (Å²) in [4.78, 5) is 27.2. The predicted octanol–water partition coefficient (Wildman–Crippen LogP) is 2.15. The Morgan fingerprint density at radius 2 is 2.18 bits per heavy atom. The Hall–Kier alpha value is -3.00. The average Bonchev–Trinajstić information content (AvgIpc) is 3.02. The first kappa shape index (κ1) is 14.0. The maximum atomic E-state index is 12.4. The molecule has 0 aliphatic carbocycles. The van der Waals surface area contributed by atoms with Crippen molar-refractivity contribution in [3.05, 3.63) is 42.7 Å². The van der Waals surface area contributed by atoms with Crippen molar-refractivity contribution in [1.29, 1.82) is 0 Å². The largest absolute Gasteiger partial charge is 0.352 e. The number of hydrogen-bond donors (Lipinski definition) is 2. The fourth-order valence-electron chi connectivity index (χ4n) is 1.92. The number of fused-ring (bicyclic) bond motifs is 1. The van der Waals surface area contributed by atoms with E-state index in [4.69, 9.17) is 4.84 Å². The number of rotatable bonds is 4. The maximum absolute atomic E-state index is 12.4. The highest BCUT2D eigenvalue weighted by molar-refractivity contribution is 5.97. The van der Waals surface area contributed by atoms with Gasteiger partial charge in [-0.1, -0.05) is 18.2 Å². The summed E-state index contributed by atoms with van der Waals surface area (Å²) in [7, 11) is 0. The molecule has 2 heterocycles. The van der Waals surface area contributed by atoms with Crippen LogP contribution in [0.4, 0.5) is 16.4 Å². The highest BCUT2D eigenvalue weighted by atomic mass is 16.7. The number of para-hydroxylation sites is 1. The first-order valence-corrected chi connectivity index (χ1v) is 6.73. The molecule has 3 aromatic rings. The van der Waals surface area contributed by atoms with E-state index < -0.39 is 6.03 Å². The molecule has 0 spiro atoms. The first-order chi connectivity index (χ1) is 10.8. The number of nitrogens with one attached hydrogen (secondary N) is 2. The lowest BCUT2D eigenvalue weighted by Gasteiger charge is -2.20. The number of carbonyl (C=O) groups excluding carboxylic acids is 1. The molecule has 0 aliphatic heterocycles. The lowest BCUT2D eigenvalue weighted by Crippen LogP contribution is -2.37. The molecule has 0 atom stereocenters. The number of hydrogen-bond acceptors (Lipinski definition) is 5. The van der Waals surface area contributed by atoms with Gasteiger partial charge in [-0.05, 0) is 19.1 Å². The van der Waals surface area contributed by atoms with Gasteiger partial charge in [-0.15, -0.1) is 0 Å². The lowest BCUT2D eigenvalue weighted by atomic mass is 10.3. The van der Waals surface area contributed by atoms with Crippen molar-refractivity contribution < 1.29 is 9.63 Å². The third-order valence-electron chi connectivity index (χ3n) is 2.90. The van der Waals surface area contributed by atoms with E-state index in [1.165, 1.54) is 4.90 Å². The molecule has 8 nitrogen and oxygen atoms in total. The number of aromatic nitrogens is 4. The lowest BCUT2D eigenvalue weighted by molar-refractivity contribution is 0.0740. The molecule has 2 aromatic heterocycles. The van der Waals surface area contributed by atoms with E-state index in [1.807, 2.05) is 18.2 Å². The smallest absolute Gasteiger partial charge is 0.283 e. The van der Waals surface area contributed by atoms with Crippen LogP contribution in [0.2, 0.25) is 0 Å². The summed E-state index contributed by atoms with van der Waals surface area (Å²) in [5, 5.41) is 7.49. The molecular formula is C14H14N6O2. The number of nitrogens with zero attached hydrogens (tertiary/aromatic N) is 4. The van der Waals surface area contributed by atoms with Gasteiger partial charge in [0.1, 0.15) is 0 Å². The number of benzene rings is 1. The predicted molar refractivity (Wildman–Crippen MR) is 80.4 cm³/mol. The van der Waals surface area contributed by atoms with Crippen molar-refractivity contribution in [2.75, 3.05) is 11.5 Å². The summed E-state index contributed by atoms with van der Waals surface area (Å²) in [6.45, 7) is 2.13. The molecule has 0 saturated carbocycles. The van der Waals surface area contributed by atoms with Gasteiger partial charge in [0.15, 0.2) is 5.65 Å². The normalized spacial score (nSPS) is 10.6. The van der Waals surface area contributed by atoms with E-state index in [2.05, 4.69) is 25.6 Å². The van der Waals surface area contributed by atoms with Gasteiger partial charge in [-0.2, -0.15) is 10.1 Å². The topological polar surface area (TPSA) is 96.0 Å². The second-order valence-corrected chi connectivity index (χ2v) is 4.35. The summed E-state index contributed by atoms with van der Waals surface area (Å²) < 4.78 is 0. The van der Waals surface area contributed by atoms with Gasteiger partial charge in [0.05, 0.1) is 17.7 Å². The summed E-state index contributed by atoms with van der Waals surface area (Å²) in [5.74, 6) is 0.211. The van der Waals surface area contributed by atoms with Crippen LogP contribution >= 0.6 is 0 Å². The van der Waals surface area contributed by atoms with Crippen molar-refractivity contribution in [2.45, 2.75) is 6.92 Å². The van der Waals surface area contributed by atoms with Crippen molar-refractivity contribution >= 4 is 28.7 Å². The van der Waals surface area contributed by atoms with E-state index in [0.717, 1.165) is 5.39 Å². The van der Waals surface area contributed by atoms with Crippen molar-refractivity contribution in [1.82, 2.24) is 25.6 Å². The Kier molecular flexibility index (Phi) is 3.92. The minimum atomic E-state index is -0.483.